The number of carbonyl (C=O) groups excluding carboxylic acids is 3. The van der Waals surface area contributed by atoms with Crippen LogP contribution in [0.3, 0.4) is 0 Å². The molecule has 0 bridgehead atoms. The number of nitrogens with one attached hydrogen (secondary N) is 4. The highest BCUT2D eigenvalue weighted by atomic mass is 16.2. The zero-order chi connectivity index (χ0) is 32.6. The third-order valence-electron chi connectivity index (χ3n) is 9.71. The van der Waals surface area contributed by atoms with Gasteiger partial charge in [0.15, 0.2) is 5.82 Å². The number of H-pyrrole nitrogens is 1. The van der Waals surface area contributed by atoms with Gasteiger partial charge in [-0.3, -0.25) is 14.4 Å². The van der Waals surface area contributed by atoms with Crippen LogP contribution in [0.1, 0.15) is 95.8 Å². The molecular formula is C34H41N9O3. The molecular weight excluding hydrogens is 582 g/mol. The highest BCUT2D eigenvalue weighted by molar-refractivity contribution is 5.95. The average molecular weight is 624 g/mol. The average Bonchev–Trinajstić information content (AvgIpc) is 3.42. The van der Waals surface area contributed by atoms with Crippen molar-refractivity contribution in [2.24, 2.45) is 5.92 Å². The fourth-order valence-corrected chi connectivity index (χ4v) is 7.59. The van der Waals surface area contributed by atoms with E-state index in [0.717, 1.165) is 35.1 Å². The van der Waals surface area contributed by atoms with Gasteiger partial charge in [-0.25, -0.2) is 5.10 Å². The second-order valence-electron chi connectivity index (χ2n) is 13.3. The van der Waals surface area contributed by atoms with Crippen LogP contribution >= 0.6 is 0 Å². The number of amides is 3. The topological polar surface area (TPSA) is 169 Å². The number of aryl methyl sites for hydroxylation is 2. The number of carbonyl (C=O) groups is 3. The number of benzene rings is 2. The second-order valence-corrected chi connectivity index (χ2v) is 13.3. The third-order valence-corrected chi connectivity index (χ3v) is 9.71. The molecule has 12 heteroatoms. The maximum Gasteiger partial charge on any atom is 0.251 e. The molecule has 2 fully saturated rings. The summed E-state index contributed by atoms with van der Waals surface area (Å²) in [5, 5.41) is 34.5. The normalized spacial score (nSPS) is 20.8. The lowest BCUT2D eigenvalue weighted by Crippen LogP contribution is -2.52. The number of tetrazole rings is 1. The number of nitriles is 1. The van der Waals surface area contributed by atoms with Gasteiger partial charge in [-0.15, -0.1) is 5.10 Å². The van der Waals surface area contributed by atoms with E-state index in [1.165, 1.54) is 0 Å². The summed E-state index contributed by atoms with van der Waals surface area (Å²) in [5.41, 5.74) is 3.45. The van der Waals surface area contributed by atoms with Gasteiger partial charge in [-0.05, 0) is 123 Å². The lowest BCUT2D eigenvalue weighted by atomic mass is 9.65. The Morgan fingerprint density at radius 2 is 1.61 bits per heavy atom. The van der Waals surface area contributed by atoms with Crippen LogP contribution in [0.4, 0.5) is 0 Å². The number of hydrogen-bond donors (Lipinski definition) is 4. The van der Waals surface area contributed by atoms with E-state index in [4.69, 9.17) is 0 Å². The van der Waals surface area contributed by atoms with Crippen molar-refractivity contribution in [1.82, 2.24) is 41.5 Å². The number of piperidine rings is 1. The lowest BCUT2D eigenvalue weighted by molar-refractivity contribution is -0.131. The maximum absolute atomic E-state index is 13.5. The van der Waals surface area contributed by atoms with Gasteiger partial charge in [0.25, 0.3) is 11.8 Å². The monoisotopic (exact) mass is 623 g/mol. The summed E-state index contributed by atoms with van der Waals surface area (Å²) >= 11 is 0. The first kappa shape index (κ1) is 31.4. The maximum atomic E-state index is 13.5. The highest BCUT2D eigenvalue weighted by Crippen LogP contribution is 2.49. The van der Waals surface area contributed by atoms with E-state index in [2.05, 4.69) is 42.6 Å². The first-order valence-electron chi connectivity index (χ1n) is 16.1. The number of rotatable bonds is 10. The Hall–Kier alpha value is -4.63. The van der Waals surface area contributed by atoms with Gasteiger partial charge in [-0.2, -0.15) is 5.26 Å². The summed E-state index contributed by atoms with van der Waals surface area (Å²) in [5.74, 6) is 0.609. The number of likely N-dealkylation sites (tertiary alicyclic amines) is 1. The zero-order valence-electron chi connectivity index (χ0n) is 26.8. The van der Waals surface area contributed by atoms with Gasteiger partial charge >= 0.3 is 0 Å². The van der Waals surface area contributed by atoms with E-state index in [9.17, 15) is 19.6 Å². The molecule has 240 valence electrons. The van der Waals surface area contributed by atoms with Crippen molar-refractivity contribution in [3.63, 3.8) is 0 Å². The van der Waals surface area contributed by atoms with Crippen LogP contribution in [0.2, 0.25) is 0 Å². The fraction of sp³-hybridized carbons (Fsp3) is 0.500. The largest absolute Gasteiger partial charge is 0.352 e. The van der Waals surface area contributed by atoms with Crippen molar-refractivity contribution in [2.45, 2.75) is 82.8 Å². The van der Waals surface area contributed by atoms with Crippen molar-refractivity contribution in [1.29, 1.82) is 5.26 Å². The molecule has 12 nitrogen and oxygen atoms in total. The summed E-state index contributed by atoms with van der Waals surface area (Å²) in [7, 11) is 0. The van der Waals surface area contributed by atoms with E-state index in [1.807, 2.05) is 64.1 Å². The Morgan fingerprint density at radius 3 is 2.13 bits per heavy atom. The number of hydrogen-bond acceptors (Lipinski definition) is 8. The standard InChI is InChI=1S/C34H41N9O3/c1-5-36-30(45)22-9-11-26-20(13-22)7-8-21-14-23(31(46)37-6-2)10-12-27(21)34(26,32-39-41-42-40-32)19-33(3,4)38-18-29(44)43-25(17-35)15-24-16-28(24)43/h9-14,24-25,28,38H,5-8,15-16,18-19H2,1-4H3,(H,36,45)(H,37,46)(H,39,40,41,42)/t24-,25?,28+/m1/s1. The number of nitrogens with zero attached hydrogens (tertiary/aromatic N) is 5. The first-order chi connectivity index (χ1) is 22.1. The molecule has 0 radical (unpaired) electrons. The lowest BCUT2D eigenvalue weighted by Gasteiger charge is -2.41. The summed E-state index contributed by atoms with van der Waals surface area (Å²) in [6.07, 6.45) is 3.44. The van der Waals surface area contributed by atoms with Gasteiger partial charge in [0.05, 0.1) is 18.0 Å². The molecule has 3 atom stereocenters. The number of fused-ring (bicyclic) bond motifs is 3. The van der Waals surface area contributed by atoms with Gasteiger partial charge in [0.2, 0.25) is 5.91 Å². The Kier molecular flexibility index (Phi) is 8.37. The van der Waals surface area contributed by atoms with E-state index in [1.54, 1.807) is 4.90 Å². The summed E-state index contributed by atoms with van der Waals surface area (Å²) in [4.78, 5) is 41.0. The van der Waals surface area contributed by atoms with Crippen LogP contribution in [-0.4, -0.2) is 80.5 Å². The number of aromatic amines is 1. The van der Waals surface area contributed by atoms with Gasteiger partial charge in [-0.1, -0.05) is 12.1 Å². The minimum atomic E-state index is -0.922. The number of aromatic nitrogens is 4. The van der Waals surface area contributed by atoms with Crippen molar-refractivity contribution < 1.29 is 14.4 Å². The quantitative estimate of drug-likeness (QED) is 0.267. The minimum Gasteiger partial charge on any atom is -0.352 e. The Balaban J connectivity index is 1.43. The van der Waals surface area contributed by atoms with Crippen LogP contribution < -0.4 is 16.0 Å². The Labute approximate surface area is 268 Å². The fourth-order valence-electron chi connectivity index (χ4n) is 7.59. The first-order valence-corrected chi connectivity index (χ1v) is 16.1. The van der Waals surface area contributed by atoms with Gasteiger partial charge in [0.1, 0.15) is 6.04 Å². The van der Waals surface area contributed by atoms with Crippen LogP contribution in [0.5, 0.6) is 0 Å². The highest BCUT2D eigenvalue weighted by Gasteiger charge is 2.54. The second kappa shape index (κ2) is 12.3. The molecule has 1 aromatic heterocycles. The molecule has 4 N–H and O–H groups in total. The summed E-state index contributed by atoms with van der Waals surface area (Å²) in [6, 6.07) is 13.7. The summed E-state index contributed by atoms with van der Waals surface area (Å²) < 4.78 is 0. The molecule has 46 heavy (non-hydrogen) atoms. The van der Waals surface area contributed by atoms with E-state index >= 15 is 0 Å². The molecule has 1 saturated heterocycles. The summed E-state index contributed by atoms with van der Waals surface area (Å²) in [6.45, 7) is 9.00. The molecule has 2 aromatic carbocycles. The van der Waals surface area contributed by atoms with Crippen molar-refractivity contribution in [2.75, 3.05) is 19.6 Å². The zero-order valence-corrected chi connectivity index (χ0v) is 26.8. The SMILES string of the molecule is CCNC(=O)c1ccc2c(c1)CCc1cc(C(=O)NCC)ccc1C2(CC(C)(C)NCC(=O)N1C(C#N)C[C@@H]2C[C@@H]21)c1nnn[nH]1. The molecule has 3 amide bonds. The minimum absolute atomic E-state index is 0.0696. The molecule has 6 rings (SSSR count). The van der Waals surface area contributed by atoms with Gasteiger partial charge < -0.3 is 20.9 Å². The van der Waals surface area contributed by atoms with E-state index < -0.39 is 11.0 Å². The van der Waals surface area contributed by atoms with Crippen molar-refractivity contribution >= 4 is 17.7 Å². The molecule has 2 aliphatic carbocycles. The molecule has 1 saturated carbocycles. The Morgan fingerprint density at radius 1 is 1.00 bits per heavy atom. The molecule has 1 aliphatic heterocycles. The van der Waals surface area contributed by atoms with Crippen LogP contribution in [-0.2, 0) is 23.1 Å². The predicted octanol–water partition coefficient (Wildman–Crippen LogP) is 2.40. The molecule has 3 aliphatic rings. The molecule has 1 unspecified atom stereocenters. The van der Waals surface area contributed by atoms with Crippen LogP contribution in [0.25, 0.3) is 0 Å². The van der Waals surface area contributed by atoms with Crippen molar-refractivity contribution in [3.8, 4) is 6.07 Å². The molecule has 3 aromatic rings. The third kappa shape index (κ3) is 5.64. The van der Waals surface area contributed by atoms with Crippen LogP contribution in [0, 0.1) is 17.2 Å². The van der Waals surface area contributed by atoms with Gasteiger partial charge in [0, 0.05) is 35.8 Å². The molecule has 0 spiro atoms. The van der Waals surface area contributed by atoms with E-state index in [0.29, 0.717) is 55.2 Å². The van der Waals surface area contributed by atoms with E-state index in [-0.39, 0.29) is 36.3 Å². The predicted molar refractivity (Wildman–Crippen MR) is 170 cm³/mol. The Bertz CT molecular complexity index is 1620. The smallest absolute Gasteiger partial charge is 0.251 e. The molecule has 2 heterocycles. The van der Waals surface area contributed by atoms with Crippen LogP contribution in [0.15, 0.2) is 36.4 Å². The van der Waals surface area contributed by atoms with Crippen molar-refractivity contribution in [3.05, 3.63) is 75.6 Å².